The SMILES string of the molecule is CCCCC1CCCC12CC2. The molecule has 2 aliphatic carbocycles. The van der Waals surface area contributed by atoms with Gasteiger partial charge in [-0.2, -0.15) is 0 Å². The molecule has 0 aromatic heterocycles. The molecule has 1 unspecified atom stereocenters. The van der Waals surface area contributed by atoms with Gasteiger partial charge in [0, 0.05) is 0 Å². The van der Waals surface area contributed by atoms with Crippen LogP contribution in [0.15, 0.2) is 0 Å². The molecule has 0 heterocycles. The van der Waals surface area contributed by atoms with E-state index in [-0.39, 0.29) is 0 Å². The van der Waals surface area contributed by atoms with Crippen molar-refractivity contribution < 1.29 is 0 Å². The van der Waals surface area contributed by atoms with E-state index in [9.17, 15) is 0 Å². The van der Waals surface area contributed by atoms with Crippen molar-refractivity contribution in [2.24, 2.45) is 11.3 Å². The van der Waals surface area contributed by atoms with E-state index in [0.717, 1.165) is 11.3 Å². The molecule has 2 saturated carbocycles. The summed E-state index contributed by atoms with van der Waals surface area (Å²) in [5.41, 5.74) is 0.912. The highest BCUT2D eigenvalue weighted by Gasteiger charge is 2.50. The molecule has 0 aliphatic heterocycles. The standard InChI is InChI=1S/C11H20/c1-2-3-5-10-6-4-7-11(10)8-9-11/h10H,2-9H2,1H3. The van der Waals surface area contributed by atoms with Crippen molar-refractivity contribution in [3.63, 3.8) is 0 Å². The maximum absolute atomic E-state index is 2.31. The summed E-state index contributed by atoms with van der Waals surface area (Å²) in [4.78, 5) is 0. The molecule has 0 aromatic carbocycles. The van der Waals surface area contributed by atoms with Crippen molar-refractivity contribution >= 4 is 0 Å². The van der Waals surface area contributed by atoms with Crippen LogP contribution in [0.3, 0.4) is 0 Å². The van der Waals surface area contributed by atoms with E-state index >= 15 is 0 Å². The van der Waals surface area contributed by atoms with Crippen molar-refractivity contribution in [2.45, 2.75) is 58.3 Å². The highest BCUT2D eigenvalue weighted by atomic mass is 14.6. The summed E-state index contributed by atoms with van der Waals surface area (Å²) in [6.07, 6.45) is 12.2. The maximum Gasteiger partial charge on any atom is -0.0269 e. The fraction of sp³-hybridized carbons (Fsp3) is 1.00. The summed E-state index contributed by atoms with van der Waals surface area (Å²) in [6, 6.07) is 0. The molecule has 0 heteroatoms. The van der Waals surface area contributed by atoms with Gasteiger partial charge in [0.2, 0.25) is 0 Å². The fourth-order valence-electron chi connectivity index (χ4n) is 2.93. The van der Waals surface area contributed by atoms with Gasteiger partial charge in [0.15, 0.2) is 0 Å². The van der Waals surface area contributed by atoms with Crippen LogP contribution in [0.4, 0.5) is 0 Å². The number of hydrogen-bond donors (Lipinski definition) is 0. The van der Waals surface area contributed by atoms with E-state index < -0.39 is 0 Å². The Hall–Kier alpha value is 0. The molecule has 11 heavy (non-hydrogen) atoms. The number of rotatable bonds is 3. The Morgan fingerprint density at radius 3 is 2.73 bits per heavy atom. The summed E-state index contributed by atoms with van der Waals surface area (Å²) in [7, 11) is 0. The van der Waals surface area contributed by atoms with E-state index in [1.54, 1.807) is 25.7 Å². The molecule has 1 spiro atoms. The summed E-state index contributed by atoms with van der Waals surface area (Å²) in [5, 5.41) is 0. The molecule has 0 radical (unpaired) electrons. The van der Waals surface area contributed by atoms with Gasteiger partial charge in [-0.1, -0.05) is 26.2 Å². The zero-order valence-corrected chi connectivity index (χ0v) is 7.73. The van der Waals surface area contributed by atoms with Gasteiger partial charge < -0.3 is 0 Å². The summed E-state index contributed by atoms with van der Waals surface area (Å²) in [5.74, 6) is 1.14. The second kappa shape index (κ2) is 2.80. The Morgan fingerprint density at radius 1 is 1.27 bits per heavy atom. The molecule has 0 nitrogen and oxygen atoms in total. The molecule has 0 aromatic rings. The molecule has 0 bridgehead atoms. The Balaban J connectivity index is 1.83. The first-order valence-electron chi connectivity index (χ1n) is 5.37. The lowest BCUT2D eigenvalue weighted by molar-refractivity contribution is 0.333. The normalized spacial score (nSPS) is 33.0. The number of hydrogen-bond acceptors (Lipinski definition) is 0. The Morgan fingerprint density at radius 2 is 2.09 bits per heavy atom. The molecule has 2 aliphatic rings. The fourth-order valence-corrected chi connectivity index (χ4v) is 2.93. The van der Waals surface area contributed by atoms with Crippen LogP contribution < -0.4 is 0 Å². The first kappa shape index (κ1) is 7.64. The van der Waals surface area contributed by atoms with Gasteiger partial charge in [-0.15, -0.1) is 0 Å². The van der Waals surface area contributed by atoms with Crippen molar-refractivity contribution in [2.75, 3.05) is 0 Å². The summed E-state index contributed by atoms with van der Waals surface area (Å²) < 4.78 is 0. The topological polar surface area (TPSA) is 0 Å². The predicted molar refractivity (Wildman–Crippen MR) is 48.5 cm³/mol. The third-order valence-electron chi connectivity index (χ3n) is 3.89. The van der Waals surface area contributed by atoms with Gasteiger partial charge in [0.25, 0.3) is 0 Å². The van der Waals surface area contributed by atoms with Crippen molar-refractivity contribution in [1.29, 1.82) is 0 Å². The maximum atomic E-state index is 2.31. The van der Waals surface area contributed by atoms with Gasteiger partial charge in [-0.25, -0.2) is 0 Å². The minimum absolute atomic E-state index is 0.912. The Bertz CT molecular complexity index is 133. The second-order valence-corrected chi connectivity index (χ2v) is 4.59. The van der Waals surface area contributed by atoms with Crippen molar-refractivity contribution in [1.82, 2.24) is 0 Å². The van der Waals surface area contributed by atoms with Crippen LogP contribution in [0.2, 0.25) is 0 Å². The largest absolute Gasteiger partial charge is 0.0654 e. The van der Waals surface area contributed by atoms with E-state index in [2.05, 4.69) is 6.92 Å². The van der Waals surface area contributed by atoms with Gasteiger partial charge in [0.05, 0.1) is 0 Å². The van der Waals surface area contributed by atoms with E-state index in [0.29, 0.717) is 0 Å². The minimum atomic E-state index is 0.912. The van der Waals surface area contributed by atoms with Crippen molar-refractivity contribution in [3.05, 3.63) is 0 Å². The zero-order chi connectivity index (χ0) is 7.73. The molecule has 2 rings (SSSR count). The average Bonchev–Trinajstić information content (AvgIpc) is 2.64. The molecule has 0 N–H and O–H groups in total. The van der Waals surface area contributed by atoms with Gasteiger partial charge in [0.1, 0.15) is 0 Å². The van der Waals surface area contributed by atoms with E-state index in [4.69, 9.17) is 0 Å². The van der Waals surface area contributed by atoms with Crippen LogP contribution in [-0.4, -0.2) is 0 Å². The third kappa shape index (κ3) is 1.32. The number of unbranched alkanes of at least 4 members (excludes halogenated alkanes) is 1. The third-order valence-corrected chi connectivity index (χ3v) is 3.89. The second-order valence-electron chi connectivity index (χ2n) is 4.59. The molecular weight excluding hydrogens is 132 g/mol. The highest BCUT2D eigenvalue weighted by molar-refractivity contribution is 5.01. The quantitative estimate of drug-likeness (QED) is 0.577. The molecule has 64 valence electrons. The first-order chi connectivity index (χ1) is 5.37. The lowest BCUT2D eigenvalue weighted by atomic mass is 9.88. The Labute approximate surface area is 70.4 Å². The van der Waals surface area contributed by atoms with Crippen LogP contribution in [0.1, 0.15) is 58.3 Å². The smallest absolute Gasteiger partial charge is 0.0269 e. The molecule has 2 fully saturated rings. The Kier molecular flexibility index (Phi) is 1.95. The van der Waals surface area contributed by atoms with Gasteiger partial charge in [-0.05, 0) is 43.4 Å². The highest BCUT2D eigenvalue weighted by Crippen LogP contribution is 2.62. The van der Waals surface area contributed by atoms with Crippen LogP contribution in [0, 0.1) is 11.3 Å². The van der Waals surface area contributed by atoms with Crippen LogP contribution in [0.25, 0.3) is 0 Å². The lowest BCUT2D eigenvalue weighted by Crippen LogP contribution is -2.07. The monoisotopic (exact) mass is 152 g/mol. The van der Waals surface area contributed by atoms with Crippen LogP contribution >= 0.6 is 0 Å². The van der Waals surface area contributed by atoms with Crippen LogP contribution in [0.5, 0.6) is 0 Å². The summed E-state index contributed by atoms with van der Waals surface area (Å²) >= 11 is 0. The van der Waals surface area contributed by atoms with Gasteiger partial charge in [-0.3, -0.25) is 0 Å². The summed E-state index contributed by atoms with van der Waals surface area (Å²) in [6.45, 7) is 2.31. The molecule has 0 amide bonds. The van der Waals surface area contributed by atoms with Gasteiger partial charge >= 0.3 is 0 Å². The lowest BCUT2D eigenvalue weighted by Gasteiger charge is -2.17. The molecule has 1 atom stereocenters. The van der Waals surface area contributed by atoms with Crippen LogP contribution in [-0.2, 0) is 0 Å². The molecule has 0 saturated heterocycles. The van der Waals surface area contributed by atoms with Crippen molar-refractivity contribution in [3.8, 4) is 0 Å². The minimum Gasteiger partial charge on any atom is -0.0654 e. The molecular formula is C11H20. The van der Waals surface area contributed by atoms with E-state index in [1.807, 2.05) is 0 Å². The first-order valence-corrected chi connectivity index (χ1v) is 5.37. The average molecular weight is 152 g/mol. The zero-order valence-electron chi connectivity index (χ0n) is 7.73. The van der Waals surface area contributed by atoms with E-state index in [1.165, 1.54) is 25.7 Å². The predicted octanol–water partition coefficient (Wildman–Crippen LogP) is 3.76.